The summed E-state index contributed by atoms with van der Waals surface area (Å²) in [6, 6.07) is 0.601. The zero-order chi connectivity index (χ0) is 14.8. The molecule has 0 aromatic carbocycles. The number of carbonyl (C=O) groups is 2. The predicted octanol–water partition coefficient (Wildman–Crippen LogP) is 3.20. The molecule has 114 valence electrons. The van der Waals surface area contributed by atoms with Gasteiger partial charge < -0.3 is 10.0 Å². The van der Waals surface area contributed by atoms with E-state index in [1.165, 1.54) is 6.42 Å². The zero-order valence-corrected chi connectivity index (χ0v) is 12.7. The fourth-order valence-corrected chi connectivity index (χ4v) is 4.19. The smallest absolute Gasteiger partial charge is 0.303 e. The first-order chi connectivity index (χ1) is 9.43. The molecule has 1 heterocycles. The highest BCUT2D eigenvalue weighted by Gasteiger charge is 2.40. The van der Waals surface area contributed by atoms with Crippen molar-refractivity contribution in [2.24, 2.45) is 5.41 Å². The Labute approximate surface area is 121 Å². The molecule has 0 aromatic heterocycles. The van der Waals surface area contributed by atoms with Crippen LogP contribution in [0.5, 0.6) is 0 Å². The normalized spacial score (nSPS) is 29.4. The fourth-order valence-electron chi connectivity index (χ4n) is 4.19. The molecular weight excluding hydrogens is 254 g/mol. The van der Waals surface area contributed by atoms with Gasteiger partial charge in [-0.25, -0.2) is 0 Å². The van der Waals surface area contributed by atoms with E-state index in [4.69, 9.17) is 5.11 Å². The number of carbonyl (C=O) groups excluding carboxylic acids is 1. The van der Waals surface area contributed by atoms with Gasteiger partial charge in [0.05, 0.1) is 6.42 Å². The molecule has 0 radical (unpaired) electrons. The molecule has 2 rings (SSSR count). The van der Waals surface area contributed by atoms with Crippen LogP contribution in [0, 0.1) is 5.41 Å². The van der Waals surface area contributed by atoms with Crippen LogP contribution in [0.15, 0.2) is 0 Å². The van der Waals surface area contributed by atoms with E-state index in [-0.39, 0.29) is 17.7 Å². The third kappa shape index (κ3) is 3.33. The van der Waals surface area contributed by atoms with E-state index in [9.17, 15) is 9.59 Å². The lowest BCUT2D eigenvalue weighted by Gasteiger charge is -2.41. The molecule has 2 fully saturated rings. The van der Waals surface area contributed by atoms with Crippen LogP contribution in [0.4, 0.5) is 0 Å². The second-order valence-corrected chi connectivity index (χ2v) is 6.88. The Balaban J connectivity index is 2.06. The average Bonchev–Trinajstić information content (AvgIpc) is 2.75. The molecule has 2 aliphatic rings. The number of carboxylic acid groups (broad SMARTS) is 1. The van der Waals surface area contributed by atoms with Crippen LogP contribution < -0.4 is 0 Å². The van der Waals surface area contributed by atoms with Gasteiger partial charge in [-0.2, -0.15) is 0 Å². The Morgan fingerprint density at radius 1 is 1.05 bits per heavy atom. The van der Waals surface area contributed by atoms with E-state index in [0.717, 1.165) is 38.5 Å². The Kier molecular flexibility index (Phi) is 4.71. The maximum absolute atomic E-state index is 12.7. The number of rotatable bonds is 4. The monoisotopic (exact) mass is 281 g/mol. The number of piperidine rings is 1. The Morgan fingerprint density at radius 3 is 2.10 bits per heavy atom. The van der Waals surface area contributed by atoms with Crippen molar-refractivity contribution < 1.29 is 14.7 Å². The van der Waals surface area contributed by atoms with E-state index >= 15 is 0 Å². The molecule has 1 aliphatic carbocycles. The van der Waals surface area contributed by atoms with Crippen molar-refractivity contribution in [3.05, 3.63) is 0 Å². The largest absolute Gasteiger partial charge is 0.481 e. The maximum atomic E-state index is 12.7. The molecule has 0 unspecified atom stereocenters. The number of hydrogen-bond donors (Lipinski definition) is 1. The van der Waals surface area contributed by atoms with Gasteiger partial charge in [0, 0.05) is 18.5 Å². The van der Waals surface area contributed by atoms with Gasteiger partial charge in [0.25, 0.3) is 0 Å². The lowest BCUT2D eigenvalue weighted by Crippen LogP contribution is -2.48. The molecule has 1 N–H and O–H groups in total. The highest BCUT2D eigenvalue weighted by atomic mass is 16.4. The van der Waals surface area contributed by atoms with Crippen LogP contribution in [-0.2, 0) is 9.59 Å². The first-order valence-corrected chi connectivity index (χ1v) is 7.96. The molecule has 20 heavy (non-hydrogen) atoms. The molecule has 0 aromatic rings. The SMILES string of the molecule is C[C@@H]1CCC[C@H](C)N1C(=O)CC1(CC(=O)O)CCCC1. The van der Waals surface area contributed by atoms with E-state index in [1.54, 1.807) is 0 Å². The van der Waals surface area contributed by atoms with Crippen LogP contribution in [0.25, 0.3) is 0 Å². The summed E-state index contributed by atoms with van der Waals surface area (Å²) in [4.78, 5) is 25.8. The minimum absolute atomic E-state index is 0.148. The van der Waals surface area contributed by atoms with Gasteiger partial charge >= 0.3 is 5.97 Å². The number of aliphatic carboxylic acids is 1. The first kappa shape index (κ1) is 15.3. The summed E-state index contributed by atoms with van der Waals surface area (Å²) >= 11 is 0. The van der Waals surface area contributed by atoms with Crippen molar-refractivity contribution in [3.8, 4) is 0 Å². The Hall–Kier alpha value is -1.06. The molecular formula is C16H27NO3. The van der Waals surface area contributed by atoms with Gasteiger partial charge in [-0.15, -0.1) is 0 Å². The molecule has 1 saturated heterocycles. The number of nitrogens with zero attached hydrogens (tertiary/aromatic N) is 1. The zero-order valence-electron chi connectivity index (χ0n) is 12.7. The summed E-state index contributed by atoms with van der Waals surface area (Å²) in [5.41, 5.74) is -0.278. The molecule has 1 aliphatic heterocycles. The van der Waals surface area contributed by atoms with E-state index in [0.29, 0.717) is 18.5 Å². The van der Waals surface area contributed by atoms with Crippen LogP contribution >= 0.6 is 0 Å². The van der Waals surface area contributed by atoms with Crippen LogP contribution in [-0.4, -0.2) is 34.0 Å². The van der Waals surface area contributed by atoms with Crippen molar-refractivity contribution in [2.75, 3.05) is 0 Å². The molecule has 2 atom stereocenters. The quantitative estimate of drug-likeness (QED) is 0.861. The summed E-state index contributed by atoms with van der Waals surface area (Å²) < 4.78 is 0. The summed E-state index contributed by atoms with van der Waals surface area (Å²) in [5, 5.41) is 9.14. The second kappa shape index (κ2) is 6.15. The minimum Gasteiger partial charge on any atom is -0.481 e. The fraction of sp³-hybridized carbons (Fsp3) is 0.875. The third-order valence-corrected chi connectivity index (χ3v) is 5.20. The molecule has 0 spiro atoms. The van der Waals surface area contributed by atoms with Crippen molar-refractivity contribution >= 4 is 11.9 Å². The standard InChI is InChI=1S/C16H27NO3/c1-12-6-5-7-13(2)17(12)14(18)10-16(11-15(19)20)8-3-4-9-16/h12-13H,3-11H2,1-2H3,(H,19,20)/t12-,13+. The second-order valence-electron chi connectivity index (χ2n) is 6.88. The van der Waals surface area contributed by atoms with Crippen LogP contribution in [0.2, 0.25) is 0 Å². The van der Waals surface area contributed by atoms with E-state index in [1.807, 2.05) is 4.90 Å². The van der Waals surface area contributed by atoms with Crippen LogP contribution in [0.1, 0.15) is 71.6 Å². The van der Waals surface area contributed by atoms with Gasteiger partial charge in [-0.05, 0) is 51.4 Å². The summed E-state index contributed by atoms with van der Waals surface area (Å²) in [6.45, 7) is 4.23. The van der Waals surface area contributed by atoms with E-state index in [2.05, 4.69) is 13.8 Å². The third-order valence-electron chi connectivity index (χ3n) is 5.20. The molecule has 1 saturated carbocycles. The average molecular weight is 281 g/mol. The molecule has 4 heteroatoms. The minimum atomic E-state index is -0.764. The number of amides is 1. The van der Waals surface area contributed by atoms with E-state index < -0.39 is 5.97 Å². The summed E-state index contributed by atoms with van der Waals surface area (Å²) in [6.07, 6.45) is 7.81. The van der Waals surface area contributed by atoms with Gasteiger partial charge in [-0.1, -0.05) is 12.8 Å². The highest BCUT2D eigenvalue weighted by molar-refractivity contribution is 5.79. The maximum Gasteiger partial charge on any atom is 0.303 e. The van der Waals surface area contributed by atoms with Gasteiger partial charge in [0.2, 0.25) is 5.91 Å². The molecule has 1 amide bonds. The first-order valence-electron chi connectivity index (χ1n) is 7.96. The predicted molar refractivity (Wildman–Crippen MR) is 77.4 cm³/mol. The summed E-state index contributed by atoms with van der Waals surface area (Å²) in [5.74, 6) is -0.590. The summed E-state index contributed by atoms with van der Waals surface area (Å²) in [7, 11) is 0. The van der Waals surface area contributed by atoms with Crippen molar-refractivity contribution in [2.45, 2.75) is 83.7 Å². The number of likely N-dealkylation sites (tertiary alicyclic amines) is 1. The topological polar surface area (TPSA) is 57.6 Å². The van der Waals surface area contributed by atoms with Crippen molar-refractivity contribution in [1.82, 2.24) is 4.90 Å². The van der Waals surface area contributed by atoms with Gasteiger partial charge in [0.15, 0.2) is 0 Å². The number of carboxylic acids is 1. The number of hydrogen-bond acceptors (Lipinski definition) is 2. The van der Waals surface area contributed by atoms with Crippen molar-refractivity contribution in [1.29, 1.82) is 0 Å². The van der Waals surface area contributed by atoms with Crippen LogP contribution in [0.3, 0.4) is 0 Å². The lowest BCUT2D eigenvalue weighted by atomic mass is 9.78. The van der Waals surface area contributed by atoms with Gasteiger partial charge in [0.1, 0.15) is 0 Å². The molecule has 0 bridgehead atoms. The van der Waals surface area contributed by atoms with Gasteiger partial charge in [-0.3, -0.25) is 9.59 Å². The molecule has 4 nitrogen and oxygen atoms in total. The Bertz CT molecular complexity index is 364. The Morgan fingerprint density at radius 2 is 1.60 bits per heavy atom. The highest BCUT2D eigenvalue weighted by Crippen LogP contribution is 2.45. The van der Waals surface area contributed by atoms with Crippen molar-refractivity contribution in [3.63, 3.8) is 0 Å². The lowest BCUT2D eigenvalue weighted by molar-refractivity contribution is -0.143.